The highest BCUT2D eigenvalue weighted by Gasteiger charge is 2.13. The van der Waals surface area contributed by atoms with Crippen LogP contribution in [0.25, 0.3) is 0 Å². The molecule has 0 fully saturated rings. The van der Waals surface area contributed by atoms with E-state index < -0.39 is 12.0 Å². The molecule has 0 aliphatic heterocycles. The molecule has 0 unspecified atom stereocenters. The molecule has 0 saturated carbocycles. The van der Waals surface area contributed by atoms with Crippen molar-refractivity contribution in [2.75, 3.05) is 13.2 Å². The highest BCUT2D eigenvalue weighted by Crippen LogP contribution is 1.97. The molecule has 1 rings (SSSR count). The van der Waals surface area contributed by atoms with Crippen LogP contribution in [0.2, 0.25) is 0 Å². The van der Waals surface area contributed by atoms with E-state index in [1.54, 1.807) is 6.92 Å². The molecule has 0 heterocycles. The van der Waals surface area contributed by atoms with Crippen molar-refractivity contribution >= 4 is 18.2 Å². The van der Waals surface area contributed by atoms with E-state index >= 15 is 0 Å². The topological polar surface area (TPSA) is 85.0 Å². The van der Waals surface area contributed by atoms with Gasteiger partial charge in [0.25, 0.3) is 0 Å². The first-order valence-corrected chi connectivity index (χ1v) is 5.45. The Morgan fingerprint density at radius 2 is 2.06 bits per heavy atom. The molecule has 6 nitrogen and oxygen atoms in total. The lowest BCUT2D eigenvalue weighted by Crippen LogP contribution is -2.36. The number of rotatable bonds is 5. The molecule has 0 saturated heterocycles. The second-order valence-electron chi connectivity index (χ2n) is 3.36. The fraction of sp³-hybridized carbons (Fsp3) is 0.250. The quantitative estimate of drug-likeness (QED) is 0.479. The van der Waals surface area contributed by atoms with Gasteiger partial charge in [-0.1, -0.05) is 30.3 Å². The number of primary amides is 1. The van der Waals surface area contributed by atoms with Gasteiger partial charge in [-0.15, -0.1) is 0 Å². The Balaban J connectivity index is 2.66. The van der Waals surface area contributed by atoms with Crippen LogP contribution in [0.4, 0.5) is 4.79 Å². The number of carbonyl (C=O) groups is 2. The van der Waals surface area contributed by atoms with E-state index in [1.807, 2.05) is 30.3 Å². The molecule has 1 aromatic rings. The van der Waals surface area contributed by atoms with Crippen LogP contribution in [0.1, 0.15) is 12.5 Å². The zero-order valence-corrected chi connectivity index (χ0v) is 10.1. The summed E-state index contributed by atoms with van der Waals surface area (Å²) >= 11 is 0. The Kier molecular flexibility index (Phi) is 5.37. The van der Waals surface area contributed by atoms with Gasteiger partial charge in [0, 0.05) is 0 Å². The maximum atomic E-state index is 11.2. The Hall–Kier alpha value is -2.37. The summed E-state index contributed by atoms with van der Waals surface area (Å²) in [6, 6.07) is 8.35. The van der Waals surface area contributed by atoms with Crippen molar-refractivity contribution < 1.29 is 14.3 Å². The van der Waals surface area contributed by atoms with Crippen LogP contribution < -0.4 is 5.73 Å². The fourth-order valence-corrected chi connectivity index (χ4v) is 1.18. The maximum absolute atomic E-state index is 11.2. The Labute approximate surface area is 105 Å². The number of benzene rings is 1. The van der Waals surface area contributed by atoms with E-state index in [4.69, 9.17) is 10.5 Å². The first-order chi connectivity index (χ1) is 8.63. The number of carbonyl (C=O) groups excluding carboxylic acids is 2. The van der Waals surface area contributed by atoms with E-state index in [0.29, 0.717) is 0 Å². The largest absolute Gasteiger partial charge is 0.465 e. The van der Waals surface area contributed by atoms with Gasteiger partial charge in [0.2, 0.25) is 0 Å². The van der Waals surface area contributed by atoms with Gasteiger partial charge in [0.1, 0.15) is 6.54 Å². The van der Waals surface area contributed by atoms with Crippen molar-refractivity contribution in [2.45, 2.75) is 6.92 Å². The lowest BCUT2D eigenvalue weighted by molar-refractivity contribution is -0.143. The SMILES string of the molecule is CCOC(=O)CN(/N=C/c1ccccc1)C(N)=O. The molecular weight excluding hydrogens is 234 g/mol. The predicted octanol–water partition coefficient (Wildman–Crippen LogP) is 0.964. The average molecular weight is 249 g/mol. The number of hydrogen-bond donors (Lipinski definition) is 1. The average Bonchev–Trinajstić information content (AvgIpc) is 2.35. The van der Waals surface area contributed by atoms with Crippen molar-refractivity contribution in [3.05, 3.63) is 35.9 Å². The second-order valence-corrected chi connectivity index (χ2v) is 3.36. The van der Waals surface area contributed by atoms with Crippen molar-refractivity contribution in [3.8, 4) is 0 Å². The van der Waals surface area contributed by atoms with Crippen LogP contribution in [0, 0.1) is 0 Å². The minimum absolute atomic E-state index is 0.244. The minimum Gasteiger partial charge on any atom is -0.465 e. The van der Waals surface area contributed by atoms with Gasteiger partial charge < -0.3 is 10.5 Å². The predicted molar refractivity (Wildman–Crippen MR) is 67.0 cm³/mol. The zero-order valence-electron chi connectivity index (χ0n) is 10.1. The molecule has 0 aliphatic rings. The molecule has 96 valence electrons. The fourth-order valence-electron chi connectivity index (χ4n) is 1.18. The molecule has 0 aliphatic carbocycles. The van der Waals surface area contributed by atoms with Gasteiger partial charge >= 0.3 is 12.0 Å². The molecule has 0 spiro atoms. The van der Waals surface area contributed by atoms with Crippen LogP contribution in [-0.4, -0.2) is 36.4 Å². The summed E-state index contributed by atoms with van der Waals surface area (Å²) in [5.41, 5.74) is 5.91. The van der Waals surface area contributed by atoms with E-state index in [2.05, 4.69) is 5.10 Å². The van der Waals surface area contributed by atoms with E-state index in [1.165, 1.54) is 6.21 Å². The van der Waals surface area contributed by atoms with Crippen LogP contribution in [0.3, 0.4) is 0 Å². The molecule has 1 aromatic carbocycles. The first-order valence-electron chi connectivity index (χ1n) is 5.45. The maximum Gasteiger partial charge on any atom is 0.335 e. The normalized spacial score (nSPS) is 10.3. The van der Waals surface area contributed by atoms with Crippen LogP contribution >= 0.6 is 0 Å². The lowest BCUT2D eigenvalue weighted by atomic mass is 10.2. The van der Waals surface area contributed by atoms with Crippen LogP contribution in [0.15, 0.2) is 35.4 Å². The summed E-state index contributed by atoms with van der Waals surface area (Å²) < 4.78 is 4.71. The Morgan fingerprint density at radius 1 is 1.39 bits per heavy atom. The number of nitrogens with zero attached hydrogens (tertiary/aromatic N) is 2. The molecule has 2 N–H and O–H groups in total. The number of hydrogen-bond acceptors (Lipinski definition) is 4. The number of amides is 2. The van der Waals surface area contributed by atoms with Gasteiger partial charge in [0.05, 0.1) is 12.8 Å². The molecular formula is C12H15N3O3. The highest BCUT2D eigenvalue weighted by molar-refractivity contribution is 5.83. The molecule has 6 heteroatoms. The molecule has 18 heavy (non-hydrogen) atoms. The van der Waals surface area contributed by atoms with E-state index in [0.717, 1.165) is 10.6 Å². The van der Waals surface area contributed by atoms with Gasteiger partial charge in [-0.25, -0.2) is 9.80 Å². The van der Waals surface area contributed by atoms with Crippen molar-refractivity contribution in [1.82, 2.24) is 5.01 Å². The smallest absolute Gasteiger partial charge is 0.335 e. The van der Waals surface area contributed by atoms with Crippen molar-refractivity contribution in [1.29, 1.82) is 0 Å². The van der Waals surface area contributed by atoms with Crippen LogP contribution in [-0.2, 0) is 9.53 Å². The summed E-state index contributed by atoms with van der Waals surface area (Å²) in [6.45, 7) is 1.63. The zero-order chi connectivity index (χ0) is 13.4. The summed E-state index contributed by atoms with van der Waals surface area (Å²) in [5, 5.41) is 4.70. The number of urea groups is 1. The van der Waals surface area contributed by atoms with Gasteiger partial charge in [0.15, 0.2) is 0 Å². The number of nitrogens with two attached hydrogens (primary N) is 1. The second kappa shape index (κ2) is 7.05. The summed E-state index contributed by atoms with van der Waals surface area (Å²) in [4.78, 5) is 22.3. The minimum atomic E-state index is -0.810. The Morgan fingerprint density at radius 3 is 2.61 bits per heavy atom. The Bertz CT molecular complexity index is 431. The summed E-state index contributed by atoms with van der Waals surface area (Å²) in [7, 11) is 0. The van der Waals surface area contributed by atoms with Crippen molar-refractivity contribution in [3.63, 3.8) is 0 Å². The number of hydrazone groups is 1. The molecule has 0 bridgehead atoms. The highest BCUT2D eigenvalue weighted by atomic mass is 16.5. The molecule has 2 amide bonds. The molecule has 0 radical (unpaired) electrons. The monoisotopic (exact) mass is 249 g/mol. The van der Waals surface area contributed by atoms with Crippen LogP contribution in [0.5, 0.6) is 0 Å². The lowest BCUT2D eigenvalue weighted by Gasteiger charge is -2.12. The summed E-state index contributed by atoms with van der Waals surface area (Å²) in [6.07, 6.45) is 1.45. The molecule has 0 atom stereocenters. The third-order valence-electron chi connectivity index (χ3n) is 1.98. The van der Waals surface area contributed by atoms with Gasteiger partial charge in [-0.2, -0.15) is 5.10 Å². The summed E-state index contributed by atoms with van der Waals surface area (Å²) in [5.74, 6) is -0.554. The molecule has 0 aromatic heterocycles. The van der Waals surface area contributed by atoms with E-state index in [9.17, 15) is 9.59 Å². The van der Waals surface area contributed by atoms with Crippen molar-refractivity contribution in [2.24, 2.45) is 10.8 Å². The third-order valence-corrected chi connectivity index (χ3v) is 1.98. The third kappa shape index (κ3) is 4.65. The number of esters is 1. The van der Waals surface area contributed by atoms with Gasteiger partial charge in [-0.3, -0.25) is 4.79 Å². The first kappa shape index (κ1) is 13.7. The number of ether oxygens (including phenoxy) is 1. The van der Waals surface area contributed by atoms with E-state index in [-0.39, 0.29) is 13.2 Å². The van der Waals surface area contributed by atoms with Gasteiger partial charge in [-0.05, 0) is 12.5 Å². The standard InChI is InChI=1S/C12H15N3O3/c1-2-18-11(16)9-15(12(13)17)14-8-10-6-4-3-5-7-10/h3-8H,2,9H2,1H3,(H2,13,17)/b14-8+.